The average molecular weight is 486 g/mol. The molecule has 0 fully saturated rings. The molecule has 0 atom stereocenters. The Bertz CT molecular complexity index is 1460. The lowest BCUT2D eigenvalue weighted by Crippen LogP contribution is -2.31. The number of aromatic nitrogens is 3. The summed E-state index contributed by atoms with van der Waals surface area (Å²) in [5, 5.41) is 6.06. The van der Waals surface area contributed by atoms with Crippen LogP contribution in [0.1, 0.15) is 16.8 Å². The number of nitrogens with zero attached hydrogens (tertiary/aromatic N) is 3. The van der Waals surface area contributed by atoms with Gasteiger partial charge in [-0.2, -0.15) is 18.2 Å². The van der Waals surface area contributed by atoms with Crippen LogP contribution in [0.2, 0.25) is 0 Å². The second kappa shape index (κ2) is 9.16. The summed E-state index contributed by atoms with van der Waals surface area (Å²) in [7, 11) is 0. The topological polar surface area (TPSA) is 90.0 Å². The van der Waals surface area contributed by atoms with Crippen molar-refractivity contribution < 1.29 is 26.9 Å². The minimum absolute atomic E-state index is 0.0416. The summed E-state index contributed by atoms with van der Waals surface area (Å²) >= 11 is 0. The number of hydrogen-bond donors (Lipinski definition) is 1. The first kappa shape index (κ1) is 23.9. The van der Waals surface area contributed by atoms with E-state index in [0.29, 0.717) is 16.8 Å². The van der Waals surface area contributed by atoms with Crippen molar-refractivity contribution in [3.05, 3.63) is 87.6 Å². The molecule has 35 heavy (non-hydrogen) atoms. The van der Waals surface area contributed by atoms with Gasteiger partial charge < -0.3 is 14.4 Å². The Morgan fingerprint density at radius 1 is 1.09 bits per heavy atom. The van der Waals surface area contributed by atoms with Crippen LogP contribution in [0, 0.1) is 19.7 Å². The first-order valence-electron chi connectivity index (χ1n) is 10.3. The average Bonchev–Trinajstić information content (AvgIpc) is 3.26. The SMILES string of the molecule is Cc1cc(C)n(CC(=O)Nc2ccccc2C(F)(F)F)c(=O)c1-c1nc(-c2ccc(F)cc2)no1. The standard InChI is InChI=1S/C24H18F4N4O3/c1-13-11-14(2)32(12-19(33)29-18-6-4-3-5-17(18)24(26,27)28)23(34)20(13)22-30-21(31-35-22)15-7-9-16(25)10-8-15/h3-11H,12H2,1-2H3,(H,29,33). The van der Waals surface area contributed by atoms with E-state index < -0.39 is 41.3 Å². The molecule has 0 saturated heterocycles. The molecule has 0 saturated carbocycles. The number of rotatable bonds is 5. The fourth-order valence-corrected chi connectivity index (χ4v) is 3.60. The molecule has 0 radical (unpaired) electrons. The van der Waals surface area contributed by atoms with Crippen LogP contribution >= 0.6 is 0 Å². The predicted octanol–water partition coefficient (Wildman–Crippen LogP) is 4.98. The molecule has 11 heteroatoms. The zero-order chi connectivity index (χ0) is 25.3. The summed E-state index contributed by atoms with van der Waals surface area (Å²) in [4.78, 5) is 30.1. The van der Waals surface area contributed by atoms with Crippen LogP contribution in [0.25, 0.3) is 22.8 Å². The number of carbonyl (C=O) groups is 1. The van der Waals surface area contributed by atoms with Gasteiger partial charge in [0.15, 0.2) is 0 Å². The third-order valence-corrected chi connectivity index (χ3v) is 5.26. The molecule has 4 aromatic rings. The van der Waals surface area contributed by atoms with Crippen molar-refractivity contribution in [2.45, 2.75) is 26.6 Å². The summed E-state index contributed by atoms with van der Waals surface area (Å²) in [6.07, 6.45) is -4.66. The smallest absolute Gasteiger partial charge is 0.333 e. The van der Waals surface area contributed by atoms with Crippen LogP contribution in [0.4, 0.5) is 23.2 Å². The zero-order valence-corrected chi connectivity index (χ0v) is 18.5. The fraction of sp³-hybridized carbons (Fsp3) is 0.167. The first-order chi connectivity index (χ1) is 16.5. The Balaban J connectivity index is 1.65. The van der Waals surface area contributed by atoms with Crippen LogP contribution in [0.15, 0.2) is 63.9 Å². The molecular weight excluding hydrogens is 468 g/mol. The van der Waals surface area contributed by atoms with Crippen LogP contribution in [-0.4, -0.2) is 20.6 Å². The molecule has 2 aromatic carbocycles. The normalized spacial score (nSPS) is 11.5. The molecule has 180 valence electrons. The number of amides is 1. The number of pyridine rings is 1. The van der Waals surface area contributed by atoms with Gasteiger partial charge in [0.05, 0.1) is 11.3 Å². The molecule has 0 aliphatic rings. The number of benzene rings is 2. The molecule has 1 N–H and O–H groups in total. The van der Waals surface area contributed by atoms with Gasteiger partial charge in [0.1, 0.15) is 17.9 Å². The quantitative estimate of drug-likeness (QED) is 0.402. The largest absolute Gasteiger partial charge is 0.418 e. The highest BCUT2D eigenvalue weighted by molar-refractivity contribution is 5.91. The molecule has 4 rings (SSSR count). The summed E-state index contributed by atoms with van der Waals surface area (Å²) < 4.78 is 59.2. The van der Waals surface area contributed by atoms with Crippen molar-refractivity contribution >= 4 is 11.6 Å². The van der Waals surface area contributed by atoms with E-state index in [1.807, 2.05) is 0 Å². The van der Waals surface area contributed by atoms with E-state index in [0.717, 1.165) is 16.7 Å². The van der Waals surface area contributed by atoms with Gasteiger partial charge in [-0.05, 0) is 61.9 Å². The third kappa shape index (κ3) is 4.98. The van der Waals surface area contributed by atoms with E-state index in [1.165, 1.54) is 36.4 Å². The minimum Gasteiger partial charge on any atom is -0.333 e. The summed E-state index contributed by atoms with van der Waals surface area (Å²) in [6, 6.07) is 11.5. The van der Waals surface area contributed by atoms with E-state index in [-0.39, 0.29) is 17.3 Å². The van der Waals surface area contributed by atoms with Crippen LogP contribution in [0.5, 0.6) is 0 Å². The van der Waals surface area contributed by atoms with Gasteiger partial charge in [-0.15, -0.1) is 0 Å². The fourth-order valence-electron chi connectivity index (χ4n) is 3.60. The summed E-state index contributed by atoms with van der Waals surface area (Å²) in [5.41, 5.74) is -0.620. The number of alkyl halides is 3. The predicted molar refractivity (Wildman–Crippen MR) is 119 cm³/mol. The summed E-state index contributed by atoms with van der Waals surface area (Å²) in [5.74, 6) is -1.24. The minimum atomic E-state index is -4.66. The monoisotopic (exact) mass is 486 g/mol. The van der Waals surface area contributed by atoms with Gasteiger partial charge in [0.2, 0.25) is 11.7 Å². The van der Waals surface area contributed by atoms with Crippen molar-refractivity contribution in [3.8, 4) is 22.8 Å². The Morgan fingerprint density at radius 3 is 2.46 bits per heavy atom. The molecule has 0 spiro atoms. The highest BCUT2D eigenvalue weighted by atomic mass is 19.4. The highest BCUT2D eigenvalue weighted by Crippen LogP contribution is 2.34. The molecule has 0 bridgehead atoms. The van der Waals surface area contributed by atoms with Crippen molar-refractivity contribution in [1.82, 2.24) is 14.7 Å². The maximum Gasteiger partial charge on any atom is 0.418 e. The second-order valence-corrected chi connectivity index (χ2v) is 7.76. The van der Waals surface area contributed by atoms with E-state index in [1.54, 1.807) is 19.9 Å². The van der Waals surface area contributed by atoms with Gasteiger partial charge in [0, 0.05) is 11.3 Å². The Labute approximate surface area is 196 Å². The van der Waals surface area contributed by atoms with Gasteiger partial charge in [-0.1, -0.05) is 17.3 Å². The van der Waals surface area contributed by atoms with Crippen molar-refractivity contribution in [1.29, 1.82) is 0 Å². The van der Waals surface area contributed by atoms with E-state index in [2.05, 4.69) is 15.5 Å². The number of nitrogens with one attached hydrogen (secondary N) is 1. The number of anilines is 1. The highest BCUT2D eigenvalue weighted by Gasteiger charge is 2.33. The van der Waals surface area contributed by atoms with Gasteiger partial charge >= 0.3 is 6.18 Å². The molecule has 0 aliphatic carbocycles. The Morgan fingerprint density at radius 2 is 1.77 bits per heavy atom. The van der Waals surface area contributed by atoms with Gasteiger partial charge in [0.25, 0.3) is 11.4 Å². The Hall–Kier alpha value is -4.28. The number of hydrogen-bond acceptors (Lipinski definition) is 5. The maximum atomic E-state index is 13.2. The first-order valence-corrected chi connectivity index (χ1v) is 10.3. The van der Waals surface area contributed by atoms with Crippen molar-refractivity contribution in [2.24, 2.45) is 0 Å². The van der Waals surface area contributed by atoms with Crippen LogP contribution in [-0.2, 0) is 17.5 Å². The molecule has 2 aromatic heterocycles. The lowest BCUT2D eigenvalue weighted by atomic mass is 10.1. The number of carbonyl (C=O) groups excluding carboxylic acids is 1. The van der Waals surface area contributed by atoms with E-state index in [9.17, 15) is 27.2 Å². The van der Waals surface area contributed by atoms with Gasteiger partial charge in [-0.25, -0.2) is 4.39 Å². The van der Waals surface area contributed by atoms with Crippen LogP contribution < -0.4 is 10.9 Å². The molecule has 0 unspecified atom stereocenters. The number of halogens is 4. The van der Waals surface area contributed by atoms with Crippen molar-refractivity contribution in [3.63, 3.8) is 0 Å². The Kier molecular flexibility index (Phi) is 6.25. The third-order valence-electron chi connectivity index (χ3n) is 5.26. The second-order valence-electron chi connectivity index (χ2n) is 7.76. The van der Waals surface area contributed by atoms with Crippen LogP contribution in [0.3, 0.4) is 0 Å². The molecule has 1 amide bonds. The molecule has 0 aliphatic heterocycles. The maximum absolute atomic E-state index is 13.2. The van der Waals surface area contributed by atoms with Crippen molar-refractivity contribution in [2.75, 3.05) is 5.32 Å². The lowest BCUT2D eigenvalue weighted by molar-refractivity contribution is -0.137. The molecule has 7 nitrogen and oxygen atoms in total. The number of para-hydroxylation sites is 1. The number of aryl methyl sites for hydroxylation is 2. The summed E-state index contributed by atoms with van der Waals surface area (Å²) in [6.45, 7) is 2.70. The van der Waals surface area contributed by atoms with E-state index in [4.69, 9.17) is 4.52 Å². The molecule has 2 heterocycles. The zero-order valence-electron chi connectivity index (χ0n) is 18.5. The van der Waals surface area contributed by atoms with Gasteiger partial charge in [-0.3, -0.25) is 9.59 Å². The van der Waals surface area contributed by atoms with E-state index >= 15 is 0 Å². The molecular formula is C24H18F4N4O3. The lowest BCUT2D eigenvalue weighted by Gasteiger charge is -2.15.